The van der Waals surface area contributed by atoms with Crippen molar-refractivity contribution in [1.29, 1.82) is 0 Å². The minimum absolute atomic E-state index is 0.144. The van der Waals surface area contributed by atoms with E-state index in [-0.39, 0.29) is 22.9 Å². The van der Waals surface area contributed by atoms with Gasteiger partial charge >= 0.3 is 5.97 Å². The molecule has 0 bridgehead atoms. The summed E-state index contributed by atoms with van der Waals surface area (Å²) in [6.45, 7) is 8.85. The number of methoxy groups -OCH3 is 1. The van der Waals surface area contributed by atoms with Crippen molar-refractivity contribution in [2.45, 2.75) is 71.5 Å². The van der Waals surface area contributed by atoms with Crippen LogP contribution in [-0.4, -0.2) is 23.2 Å². The van der Waals surface area contributed by atoms with Crippen molar-refractivity contribution in [1.82, 2.24) is 4.98 Å². The molecule has 3 atom stereocenters. The van der Waals surface area contributed by atoms with Crippen LogP contribution in [0.5, 0.6) is 5.75 Å². The molecule has 3 aromatic rings. The van der Waals surface area contributed by atoms with E-state index in [0.717, 1.165) is 59.4 Å². The largest absolute Gasteiger partial charge is 0.489 e. The van der Waals surface area contributed by atoms with Gasteiger partial charge in [-0.2, -0.15) is 0 Å². The Hall–Kier alpha value is -2.89. The van der Waals surface area contributed by atoms with Gasteiger partial charge in [0.1, 0.15) is 12.4 Å². The number of nitrogens with zero attached hydrogens (tertiary/aromatic N) is 1. The van der Waals surface area contributed by atoms with E-state index in [0.29, 0.717) is 11.6 Å². The molecule has 5 rings (SSSR count). The van der Waals surface area contributed by atoms with E-state index in [4.69, 9.17) is 21.1 Å². The van der Waals surface area contributed by atoms with Gasteiger partial charge < -0.3 is 14.6 Å². The minimum Gasteiger partial charge on any atom is -0.489 e. The van der Waals surface area contributed by atoms with Gasteiger partial charge in [-0.1, -0.05) is 50.6 Å². The summed E-state index contributed by atoms with van der Waals surface area (Å²) in [7, 11) is 1.74. The number of halogens is 1. The van der Waals surface area contributed by atoms with Crippen LogP contribution in [0.15, 0.2) is 48.7 Å². The Morgan fingerprint density at radius 3 is 2.66 bits per heavy atom. The number of carboxylic acid groups (broad SMARTS) is 1. The second-order valence-corrected chi connectivity index (χ2v) is 12.3. The third-order valence-corrected chi connectivity index (χ3v) is 8.47. The molecule has 0 aliphatic heterocycles. The molecule has 0 radical (unpaired) electrons. The highest BCUT2D eigenvalue weighted by atomic mass is 35.5. The van der Waals surface area contributed by atoms with Crippen molar-refractivity contribution in [3.63, 3.8) is 0 Å². The molecule has 5 nitrogen and oxygen atoms in total. The van der Waals surface area contributed by atoms with E-state index >= 15 is 0 Å². The van der Waals surface area contributed by atoms with Gasteiger partial charge in [0, 0.05) is 30.0 Å². The van der Waals surface area contributed by atoms with E-state index in [1.54, 1.807) is 13.3 Å². The monoisotopic (exact) mass is 533 g/mol. The van der Waals surface area contributed by atoms with Gasteiger partial charge in [-0.3, -0.25) is 9.78 Å². The summed E-state index contributed by atoms with van der Waals surface area (Å²) in [5.74, 6) is -0.189. The topological polar surface area (TPSA) is 68.7 Å². The third-order valence-electron chi connectivity index (χ3n) is 8.17. The molecule has 1 fully saturated rings. The lowest BCUT2D eigenvalue weighted by atomic mass is 9.78. The molecule has 1 spiro atoms. The summed E-state index contributed by atoms with van der Waals surface area (Å²) < 4.78 is 12.3. The predicted molar refractivity (Wildman–Crippen MR) is 150 cm³/mol. The molecule has 38 heavy (non-hydrogen) atoms. The summed E-state index contributed by atoms with van der Waals surface area (Å²) in [6.07, 6.45) is 5.25. The number of aliphatic carboxylic acids is 1. The van der Waals surface area contributed by atoms with Crippen LogP contribution in [0.3, 0.4) is 0 Å². The molecule has 0 amide bonds. The number of benzene rings is 2. The van der Waals surface area contributed by atoms with Crippen LogP contribution in [0.2, 0.25) is 5.02 Å². The van der Waals surface area contributed by atoms with E-state index in [1.807, 2.05) is 19.1 Å². The van der Waals surface area contributed by atoms with E-state index in [2.05, 4.69) is 56.1 Å². The molecule has 0 saturated heterocycles. The van der Waals surface area contributed by atoms with Crippen LogP contribution in [0.1, 0.15) is 74.1 Å². The maximum Gasteiger partial charge on any atom is 0.307 e. The number of pyridine rings is 1. The molecule has 200 valence electrons. The molecule has 2 aromatic carbocycles. The van der Waals surface area contributed by atoms with Crippen molar-refractivity contribution >= 4 is 17.6 Å². The average Bonchev–Trinajstić information content (AvgIpc) is 3.59. The Kier molecular flexibility index (Phi) is 7.04. The van der Waals surface area contributed by atoms with Gasteiger partial charge in [-0.25, -0.2) is 0 Å². The van der Waals surface area contributed by atoms with Crippen molar-refractivity contribution in [3.05, 3.63) is 81.6 Å². The Morgan fingerprint density at radius 1 is 1.18 bits per heavy atom. The van der Waals surface area contributed by atoms with E-state index < -0.39 is 5.97 Å². The smallest absolute Gasteiger partial charge is 0.307 e. The Morgan fingerprint density at radius 2 is 1.97 bits per heavy atom. The molecule has 1 heterocycles. The molecule has 6 heteroatoms. The number of ether oxygens (including phenoxy) is 2. The summed E-state index contributed by atoms with van der Waals surface area (Å²) in [5.41, 5.74) is 7.01. The number of hydrogen-bond acceptors (Lipinski definition) is 4. The SMILES string of the molecule is CO[C@H](c1cc(COc2ccc3c(c2)[C@]2(CCC3)C[C@H]2C(=O)O)ccc1-c1cc(C)ncc1Cl)C(C)(C)C. The number of aryl methyl sites for hydroxylation is 2. The Bertz CT molecular complexity index is 1380. The van der Waals surface area contributed by atoms with Crippen molar-refractivity contribution in [2.75, 3.05) is 7.11 Å². The van der Waals surface area contributed by atoms with Crippen molar-refractivity contribution in [3.8, 4) is 16.9 Å². The van der Waals surface area contributed by atoms with Crippen molar-refractivity contribution in [2.24, 2.45) is 11.3 Å². The van der Waals surface area contributed by atoms with Crippen LogP contribution in [0.25, 0.3) is 11.1 Å². The molecule has 0 unspecified atom stereocenters. The number of carboxylic acids is 1. The standard InChI is InChI=1S/C32H36ClNO4/c1-19-13-24(28(33)17-34-19)23-11-8-20(14-25(23)29(37-5)31(2,3)4)18-38-22-10-9-21-7-6-12-32(26(21)15-22)16-27(32)30(35)36/h8-11,13-15,17,27,29H,6-7,12,16,18H2,1-5H3,(H,35,36)/t27-,29+,32-/m0/s1. The molecular formula is C32H36ClNO4. The average molecular weight is 534 g/mol. The van der Waals surface area contributed by atoms with Crippen LogP contribution in [0, 0.1) is 18.3 Å². The van der Waals surface area contributed by atoms with Crippen LogP contribution in [-0.2, 0) is 28.0 Å². The number of carbonyl (C=O) groups is 1. The first-order valence-corrected chi connectivity index (χ1v) is 13.7. The maximum atomic E-state index is 11.7. The zero-order valence-corrected chi connectivity index (χ0v) is 23.6. The van der Waals surface area contributed by atoms with Gasteiger partial charge in [0.15, 0.2) is 0 Å². The van der Waals surface area contributed by atoms with Crippen LogP contribution >= 0.6 is 11.6 Å². The second-order valence-electron chi connectivity index (χ2n) is 11.9. The first-order chi connectivity index (χ1) is 18.0. The third kappa shape index (κ3) is 4.94. The fraction of sp³-hybridized carbons (Fsp3) is 0.438. The fourth-order valence-electron chi connectivity index (χ4n) is 6.29. The van der Waals surface area contributed by atoms with Crippen molar-refractivity contribution < 1.29 is 19.4 Å². The van der Waals surface area contributed by atoms with E-state index in [9.17, 15) is 9.90 Å². The molecule has 2 aliphatic carbocycles. The highest BCUT2D eigenvalue weighted by Crippen LogP contribution is 2.60. The van der Waals surface area contributed by atoms with Gasteiger partial charge in [0.2, 0.25) is 0 Å². The molecule has 1 aromatic heterocycles. The van der Waals surface area contributed by atoms with Gasteiger partial charge in [0.05, 0.1) is 17.0 Å². The minimum atomic E-state index is -0.687. The van der Waals surface area contributed by atoms with Crippen LogP contribution in [0.4, 0.5) is 0 Å². The quantitative estimate of drug-likeness (QED) is 0.337. The first-order valence-electron chi connectivity index (χ1n) is 13.3. The zero-order chi connectivity index (χ0) is 27.2. The fourth-order valence-corrected chi connectivity index (χ4v) is 6.49. The number of aromatic nitrogens is 1. The predicted octanol–water partition coefficient (Wildman–Crippen LogP) is 7.70. The normalized spacial score (nSPS) is 21.2. The summed E-state index contributed by atoms with van der Waals surface area (Å²) in [6, 6.07) is 14.5. The lowest BCUT2D eigenvalue weighted by molar-refractivity contribution is -0.139. The summed E-state index contributed by atoms with van der Waals surface area (Å²) in [4.78, 5) is 16.1. The summed E-state index contributed by atoms with van der Waals surface area (Å²) in [5, 5.41) is 10.3. The molecule has 1 saturated carbocycles. The molecule has 1 N–H and O–H groups in total. The highest BCUT2D eigenvalue weighted by Gasteiger charge is 2.60. The van der Waals surface area contributed by atoms with Crippen LogP contribution < -0.4 is 4.74 Å². The molecular weight excluding hydrogens is 498 g/mol. The highest BCUT2D eigenvalue weighted by molar-refractivity contribution is 6.33. The number of hydrogen-bond donors (Lipinski definition) is 1. The summed E-state index contributed by atoms with van der Waals surface area (Å²) >= 11 is 6.60. The molecule has 2 aliphatic rings. The Balaban J connectivity index is 1.46. The first kappa shape index (κ1) is 26.7. The lowest BCUT2D eigenvalue weighted by Gasteiger charge is -2.32. The lowest BCUT2D eigenvalue weighted by Crippen LogP contribution is -2.21. The number of rotatable bonds is 7. The van der Waals surface area contributed by atoms with Gasteiger partial charge in [-0.15, -0.1) is 0 Å². The number of fused-ring (bicyclic) bond motifs is 2. The van der Waals surface area contributed by atoms with Gasteiger partial charge in [0.25, 0.3) is 0 Å². The second kappa shape index (κ2) is 10.0. The zero-order valence-electron chi connectivity index (χ0n) is 22.8. The van der Waals surface area contributed by atoms with E-state index in [1.165, 1.54) is 11.1 Å². The Labute approximate surface area is 230 Å². The maximum absolute atomic E-state index is 11.7. The van der Waals surface area contributed by atoms with Gasteiger partial charge in [-0.05, 0) is 90.1 Å².